The van der Waals surface area contributed by atoms with E-state index in [0.29, 0.717) is 5.56 Å². The molecule has 1 aromatic rings. The molecule has 0 spiro atoms. The minimum Gasteiger partial charge on any atom is -0.350 e. The fourth-order valence-electron chi connectivity index (χ4n) is 1.87. The van der Waals surface area contributed by atoms with Gasteiger partial charge in [-0.25, -0.2) is 8.78 Å². The van der Waals surface area contributed by atoms with E-state index in [-0.39, 0.29) is 11.4 Å². The predicted octanol–water partition coefficient (Wildman–Crippen LogP) is 2.92. The first kappa shape index (κ1) is 16.6. The maximum Gasteiger partial charge on any atom is 0.237 e. The lowest BCUT2D eigenvalue weighted by Crippen LogP contribution is -2.50. The second-order valence-electron chi connectivity index (χ2n) is 6.02. The molecule has 0 aliphatic carbocycles. The van der Waals surface area contributed by atoms with Crippen molar-refractivity contribution in [1.82, 2.24) is 10.6 Å². The van der Waals surface area contributed by atoms with Crippen molar-refractivity contribution in [2.24, 2.45) is 0 Å². The Morgan fingerprint density at radius 3 is 2.30 bits per heavy atom. The Bertz CT molecular complexity index is 483. The van der Waals surface area contributed by atoms with Crippen molar-refractivity contribution in [3.8, 4) is 0 Å². The number of carbonyl (C=O) groups excluding carboxylic acids is 1. The largest absolute Gasteiger partial charge is 0.350 e. The van der Waals surface area contributed by atoms with Crippen LogP contribution in [-0.4, -0.2) is 17.5 Å². The van der Waals surface area contributed by atoms with Crippen LogP contribution in [0.2, 0.25) is 0 Å². The standard InChI is InChI=1S/C15H22F2N2O/c1-9(12-7-6-11(16)8-13(12)17)18-10(2)14(20)19-15(3,4)5/h6-10,18H,1-5H3,(H,19,20)/t9-,10+/m0/s1. The number of hydrogen-bond donors (Lipinski definition) is 2. The molecule has 112 valence electrons. The van der Waals surface area contributed by atoms with Crippen LogP contribution in [0.4, 0.5) is 8.78 Å². The predicted molar refractivity (Wildman–Crippen MR) is 75.3 cm³/mol. The molecule has 3 nitrogen and oxygen atoms in total. The van der Waals surface area contributed by atoms with Gasteiger partial charge in [0.1, 0.15) is 11.6 Å². The summed E-state index contributed by atoms with van der Waals surface area (Å²) in [5, 5.41) is 5.85. The zero-order valence-corrected chi connectivity index (χ0v) is 12.6. The number of rotatable bonds is 4. The van der Waals surface area contributed by atoms with Crippen LogP contribution in [-0.2, 0) is 4.79 Å². The molecule has 2 N–H and O–H groups in total. The van der Waals surface area contributed by atoms with Gasteiger partial charge < -0.3 is 5.32 Å². The van der Waals surface area contributed by atoms with Gasteiger partial charge in [-0.2, -0.15) is 0 Å². The van der Waals surface area contributed by atoms with Gasteiger partial charge in [-0.15, -0.1) is 0 Å². The summed E-state index contributed by atoms with van der Waals surface area (Å²) in [6.45, 7) is 9.11. The molecule has 1 rings (SSSR count). The summed E-state index contributed by atoms with van der Waals surface area (Å²) in [7, 11) is 0. The number of benzene rings is 1. The molecule has 0 heterocycles. The highest BCUT2D eigenvalue weighted by Crippen LogP contribution is 2.18. The minimum absolute atomic E-state index is 0.160. The number of amides is 1. The van der Waals surface area contributed by atoms with Crippen LogP contribution in [0.1, 0.15) is 46.2 Å². The Morgan fingerprint density at radius 1 is 1.20 bits per heavy atom. The SMILES string of the molecule is C[C@H](N[C@H](C)C(=O)NC(C)(C)C)c1ccc(F)cc1F. The van der Waals surface area contributed by atoms with Gasteiger partial charge in [0.25, 0.3) is 0 Å². The Kier molecular flexibility index (Phi) is 5.22. The topological polar surface area (TPSA) is 41.1 Å². The van der Waals surface area contributed by atoms with E-state index in [9.17, 15) is 13.6 Å². The number of nitrogens with one attached hydrogen (secondary N) is 2. The summed E-state index contributed by atoms with van der Waals surface area (Å²) in [5.74, 6) is -1.39. The molecule has 0 radical (unpaired) electrons. The van der Waals surface area contributed by atoms with Crippen molar-refractivity contribution in [2.75, 3.05) is 0 Å². The highest BCUT2D eigenvalue weighted by molar-refractivity contribution is 5.81. The monoisotopic (exact) mass is 284 g/mol. The lowest BCUT2D eigenvalue weighted by atomic mass is 10.1. The maximum atomic E-state index is 13.6. The lowest BCUT2D eigenvalue weighted by molar-refractivity contribution is -0.124. The first-order valence-electron chi connectivity index (χ1n) is 6.63. The summed E-state index contributed by atoms with van der Waals surface area (Å²) in [6, 6.07) is 2.56. The lowest BCUT2D eigenvalue weighted by Gasteiger charge is -2.25. The number of hydrogen-bond acceptors (Lipinski definition) is 2. The number of carbonyl (C=O) groups is 1. The second kappa shape index (κ2) is 6.31. The quantitative estimate of drug-likeness (QED) is 0.892. The summed E-state index contributed by atoms with van der Waals surface area (Å²) < 4.78 is 26.5. The van der Waals surface area contributed by atoms with Gasteiger partial charge in [0.2, 0.25) is 5.91 Å². The second-order valence-corrected chi connectivity index (χ2v) is 6.02. The van der Waals surface area contributed by atoms with Gasteiger partial charge in [-0.3, -0.25) is 10.1 Å². The van der Waals surface area contributed by atoms with Crippen molar-refractivity contribution in [1.29, 1.82) is 0 Å². The van der Waals surface area contributed by atoms with E-state index in [4.69, 9.17) is 0 Å². The summed E-state index contributed by atoms with van der Waals surface area (Å²) >= 11 is 0. The van der Waals surface area contributed by atoms with Crippen LogP contribution in [0, 0.1) is 11.6 Å². The summed E-state index contributed by atoms with van der Waals surface area (Å²) in [6.07, 6.45) is 0. The van der Waals surface area contributed by atoms with Crippen LogP contribution >= 0.6 is 0 Å². The molecule has 0 aliphatic rings. The van der Waals surface area contributed by atoms with E-state index >= 15 is 0 Å². The third-order valence-electron chi connectivity index (χ3n) is 2.82. The van der Waals surface area contributed by atoms with Crippen LogP contribution in [0.25, 0.3) is 0 Å². The van der Waals surface area contributed by atoms with E-state index in [2.05, 4.69) is 10.6 Å². The van der Waals surface area contributed by atoms with Gasteiger partial charge >= 0.3 is 0 Å². The zero-order chi connectivity index (χ0) is 15.5. The van der Waals surface area contributed by atoms with Gasteiger partial charge in [0, 0.05) is 23.2 Å². The average Bonchev–Trinajstić information content (AvgIpc) is 2.26. The molecule has 0 aromatic heterocycles. The molecule has 0 bridgehead atoms. The normalized spacial score (nSPS) is 14.8. The molecule has 0 fully saturated rings. The van der Waals surface area contributed by atoms with Crippen LogP contribution in [0.3, 0.4) is 0 Å². The molecular formula is C15H22F2N2O. The Labute approximate surface area is 118 Å². The van der Waals surface area contributed by atoms with Crippen molar-refractivity contribution in [3.63, 3.8) is 0 Å². The molecule has 5 heteroatoms. The van der Waals surface area contributed by atoms with Crippen molar-refractivity contribution >= 4 is 5.91 Å². The van der Waals surface area contributed by atoms with E-state index in [1.807, 2.05) is 20.8 Å². The Balaban J connectivity index is 2.70. The van der Waals surface area contributed by atoms with Crippen molar-refractivity contribution < 1.29 is 13.6 Å². The number of halogens is 2. The van der Waals surface area contributed by atoms with Gasteiger partial charge in [-0.1, -0.05) is 6.07 Å². The first-order chi connectivity index (χ1) is 9.10. The third kappa shape index (κ3) is 4.89. The van der Waals surface area contributed by atoms with Crippen molar-refractivity contribution in [2.45, 2.75) is 52.2 Å². The summed E-state index contributed by atoms with van der Waals surface area (Å²) in [4.78, 5) is 11.9. The first-order valence-corrected chi connectivity index (χ1v) is 6.63. The smallest absolute Gasteiger partial charge is 0.237 e. The molecule has 0 aliphatic heterocycles. The molecule has 0 saturated carbocycles. The molecule has 2 atom stereocenters. The van der Waals surface area contributed by atoms with Gasteiger partial charge in [0.15, 0.2) is 0 Å². The zero-order valence-electron chi connectivity index (χ0n) is 12.6. The van der Waals surface area contributed by atoms with E-state index in [1.54, 1.807) is 13.8 Å². The third-order valence-corrected chi connectivity index (χ3v) is 2.82. The highest BCUT2D eigenvalue weighted by Gasteiger charge is 2.21. The van der Waals surface area contributed by atoms with E-state index < -0.39 is 23.7 Å². The fraction of sp³-hybridized carbons (Fsp3) is 0.533. The van der Waals surface area contributed by atoms with Crippen LogP contribution < -0.4 is 10.6 Å². The molecular weight excluding hydrogens is 262 g/mol. The molecule has 0 saturated heterocycles. The average molecular weight is 284 g/mol. The van der Waals surface area contributed by atoms with E-state index in [0.717, 1.165) is 6.07 Å². The highest BCUT2D eigenvalue weighted by atomic mass is 19.1. The van der Waals surface area contributed by atoms with Gasteiger partial charge in [0.05, 0.1) is 6.04 Å². The minimum atomic E-state index is -0.617. The Hall–Kier alpha value is -1.49. The van der Waals surface area contributed by atoms with Gasteiger partial charge in [-0.05, 0) is 40.7 Å². The summed E-state index contributed by atoms with van der Waals surface area (Å²) in [5.41, 5.74) is 0.0130. The maximum absolute atomic E-state index is 13.6. The van der Waals surface area contributed by atoms with Crippen LogP contribution in [0.15, 0.2) is 18.2 Å². The Morgan fingerprint density at radius 2 is 1.80 bits per heavy atom. The van der Waals surface area contributed by atoms with Crippen LogP contribution in [0.5, 0.6) is 0 Å². The molecule has 1 aromatic carbocycles. The molecule has 20 heavy (non-hydrogen) atoms. The van der Waals surface area contributed by atoms with E-state index in [1.165, 1.54) is 12.1 Å². The fourth-order valence-corrected chi connectivity index (χ4v) is 1.87. The molecule has 1 amide bonds. The molecule has 0 unspecified atom stereocenters. The van der Waals surface area contributed by atoms with Crippen molar-refractivity contribution in [3.05, 3.63) is 35.4 Å².